The highest BCUT2D eigenvalue weighted by Crippen LogP contribution is 2.49. The number of nitrogens with one attached hydrogen (secondary N) is 2. The molecule has 466 valence electrons. The highest BCUT2D eigenvalue weighted by molar-refractivity contribution is 5.59. The molecule has 3 N–H and O–H groups in total. The van der Waals surface area contributed by atoms with E-state index < -0.39 is 53.5 Å². The number of aliphatic hydroxyl groups is 1. The van der Waals surface area contributed by atoms with Gasteiger partial charge in [-0.15, -0.1) is 20.4 Å². The van der Waals surface area contributed by atoms with Crippen LogP contribution < -0.4 is 9.47 Å². The van der Waals surface area contributed by atoms with E-state index >= 15 is 0 Å². The van der Waals surface area contributed by atoms with Crippen molar-refractivity contribution < 1.29 is 76.7 Å². The molecule has 0 amide bonds. The molecule has 0 aliphatic rings. The number of nitrogens with zero attached hydrogens (tertiary/aromatic N) is 6. The third-order valence-corrected chi connectivity index (χ3v) is 15.5. The molecule has 6 aromatic rings. The second kappa shape index (κ2) is 29.0. The average molecular weight is 1210 g/mol. The first-order chi connectivity index (χ1) is 39.9. The van der Waals surface area contributed by atoms with Crippen LogP contribution in [0.3, 0.4) is 0 Å². The molecule has 6 rings (SSSR count). The quantitative estimate of drug-likeness (QED) is 0.0255. The molecule has 0 saturated carbocycles. The molecule has 4 aromatic carbocycles. The van der Waals surface area contributed by atoms with Crippen LogP contribution in [-0.2, 0) is 33.1 Å². The van der Waals surface area contributed by atoms with Gasteiger partial charge in [-0.2, -0.15) is 63.1 Å². The number of aromatic nitrogens is 8. The Bertz CT molecular complexity index is 3070. The molecule has 0 bridgehead atoms. The molecular weight excluding hydrogens is 1140 g/mol. The van der Waals surface area contributed by atoms with Gasteiger partial charge in [0.05, 0.1) is 13.2 Å². The second-order valence-electron chi connectivity index (χ2n) is 20.7. The van der Waals surface area contributed by atoms with E-state index in [9.17, 15) is 57.8 Å². The van der Waals surface area contributed by atoms with Gasteiger partial charge in [0.1, 0.15) is 18.3 Å². The number of halogens is 12. The molecule has 0 atom stereocenters. The zero-order valence-corrected chi connectivity index (χ0v) is 48.7. The number of benzene rings is 4. The first-order valence-electron chi connectivity index (χ1n) is 27.6. The number of unbranched alkanes of at least 4 members (excludes halogenated alkanes) is 2. The number of tetrazole rings is 2. The van der Waals surface area contributed by atoms with E-state index in [1.165, 1.54) is 12.1 Å². The smallest absolute Gasteiger partial charge is 0.430 e. The Labute approximate surface area is 486 Å². The number of aromatic amines is 2. The van der Waals surface area contributed by atoms with Crippen LogP contribution in [-0.4, -0.2) is 109 Å². The number of aryl methyl sites for hydroxylation is 6. The van der Waals surface area contributed by atoms with Crippen molar-refractivity contribution in [3.05, 3.63) is 152 Å². The molecule has 25 heteroatoms. The summed E-state index contributed by atoms with van der Waals surface area (Å²) < 4.78 is 182. The Kier molecular flexibility index (Phi) is 23.5. The van der Waals surface area contributed by atoms with E-state index in [0.717, 1.165) is 83.7 Å². The van der Waals surface area contributed by atoms with Crippen LogP contribution in [0.15, 0.2) is 84.9 Å². The Morgan fingerprint density at radius 3 is 1.15 bits per heavy atom. The van der Waals surface area contributed by atoms with Gasteiger partial charge >= 0.3 is 24.7 Å². The molecule has 0 fully saturated rings. The first-order valence-corrected chi connectivity index (χ1v) is 27.6. The monoisotopic (exact) mass is 1210 g/mol. The molecule has 2 aromatic heterocycles. The second-order valence-corrected chi connectivity index (χ2v) is 20.7. The van der Waals surface area contributed by atoms with E-state index in [1.807, 2.05) is 71.9 Å². The zero-order chi connectivity index (χ0) is 63.1. The summed E-state index contributed by atoms with van der Waals surface area (Å²) in [5.41, 5.74) is -3.26. The minimum Gasteiger partial charge on any atom is -0.493 e. The molecule has 85 heavy (non-hydrogen) atoms. The fourth-order valence-corrected chi connectivity index (χ4v) is 10.2. The van der Waals surface area contributed by atoms with Crippen LogP contribution in [0.5, 0.6) is 11.5 Å². The minimum atomic E-state index is -5.92. The van der Waals surface area contributed by atoms with E-state index in [2.05, 4.69) is 62.9 Å². The van der Waals surface area contributed by atoms with Crippen LogP contribution >= 0.6 is 0 Å². The van der Waals surface area contributed by atoms with E-state index in [0.29, 0.717) is 80.6 Å². The molecule has 0 saturated heterocycles. The Morgan fingerprint density at radius 1 is 0.482 bits per heavy atom. The lowest BCUT2D eigenvalue weighted by Gasteiger charge is -2.35. The van der Waals surface area contributed by atoms with Gasteiger partial charge in [-0.05, 0) is 159 Å². The van der Waals surface area contributed by atoms with Crippen molar-refractivity contribution in [2.75, 3.05) is 27.1 Å². The number of alkyl halides is 12. The van der Waals surface area contributed by atoms with Crippen molar-refractivity contribution >= 4 is 12.2 Å². The van der Waals surface area contributed by atoms with Gasteiger partial charge < -0.3 is 24.1 Å². The van der Waals surface area contributed by atoms with Crippen molar-refractivity contribution in [1.82, 2.24) is 41.2 Å². The van der Waals surface area contributed by atoms with Crippen LogP contribution in [0.2, 0.25) is 0 Å². The molecule has 13 nitrogen and oxygen atoms in total. The van der Waals surface area contributed by atoms with Gasteiger partial charge in [0, 0.05) is 30.8 Å². The summed E-state index contributed by atoms with van der Waals surface area (Å²) in [7, 11) is 0.946. The average Bonchev–Trinajstić information content (AvgIpc) is 2.27. The fourth-order valence-electron chi connectivity index (χ4n) is 10.2. The maximum atomic E-state index is 13.7. The van der Waals surface area contributed by atoms with Gasteiger partial charge in [0.25, 0.3) is 11.2 Å². The molecular formula is C60H72F12N8O5. The lowest BCUT2D eigenvalue weighted by Crippen LogP contribution is -2.57. The van der Waals surface area contributed by atoms with Crippen molar-refractivity contribution in [2.24, 2.45) is 0 Å². The lowest BCUT2D eigenvalue weighted by molar-refractivity contribution is -0.372. The molecule has 0 aliphatic carbocycles. The molecule has 0 spiro atoms. The summed E-state index contributed by atoms with van der Waals surface area (Å²) in [6.07, 6.45) is -14.6. The van der Waals surface area contributed by atoms with Crippen LogP contribution in [0.1, 0.15) is 146 Å². The van der Waals surface area contributed by atoms with Gasteiger partial charge in [0.15, 0.2) is 11.6 Å². The maximum absolute atomic E-state index is 13.7. The van der Waals surface area contributed by atoms with Crippen LogP contribution in [0.25, 0.3) is 12.2 Å². The molecule has 0 radical (unpaired) electrons. The fraction of sp³-hybridized carbons (Fsp3) is 0.500. The Hall–Kier alpha value is -6.86. The normalized spacial score (nSPS) is 13.2. The first kappa shape index (κ1) is 68.9. The van der Waals surface area contributed by atoms with Gasteiger partial charge in [-0.25, -0.2) is 0 Å². The molecule has 2 heterocycles. The number of ether oxygens (including phenoxy) is 4. The van der Waals surface area contributed by atoms with Gasteiger partial charge in [0.2, 0.25) is 0 Å². The number of methoxy groups -OCH3 is 1. The number of rotatable bonds is 27. The largest absolute Gasteiger partial charge is 0.493 e. The molecule has 0 aliphatic heterocycles. The van der Waals surface area contributed by atoms with E-state index in [-0.39, 0.29) is 23.3 Å². The summed E-state index contributed by atoms with van der Waals surface area (Å²) in [6.45, 7) is 15.2. The number of H-pyrrole nitrogens is 2. The SMILES string of the molecule is CCC(CC)(c1ccc(/C=C/C(O)(C(F)(F)F)C(F)(F)F)c(C)c1)c1ccc(OCCCCc2nn[nH]n2)c(C)c1.CCC(CC)(c1ccc(/C=C/C(OCOC)(C(F)(F)F)C(F)(F)F)c(C)c1)c1ccc(OCCCCc2nn[nH]n2)c(C)c1. The number of hydrogen-bond donors (Lipinski definition) is 3. The van der Waals surface area contributed by atoms with Crippen molar-refractivity contribution in [1.29, 1.82) is 0 Å². The lowest BCUT2D eigenvalue weighted by atomic mass is 9.70. The van der Waals surface area contributed by atoms with E-state index in [1.54, 1.807) is 32.0 Å². The number of hydrogen-bond acceptors (Lipinski definition) is 11. The summed E-state index contributed by atoms with van der Waals surface area (Å²) >= 11 is 0. The van der Waals surface area contributed by atoms with Gasteiger partial charge in [-0.3, -0.25) is 0 Å². The van der Waals surface area contributed by atoms with Gasteiger partial charge in [-0.1, -0.05) is 111 Å². The molecule has 0 unspecified atom stereocenters. The highest BCUT2D eigenvalue weighted by Gasteiger charge is 2.71. The summed E-state index contributed by atoms with van der Waals surface area (Å²) in [4.78, 5) is 0. The predicted octanol–water partition coefficient (Wildman–Crippen LogP) is 15.0. The topological polar surface area (TPSA) is 166 Å². The zero-order valence-electron chi connectivity index (χ0n) is 48.7. The van der Waals surface area contributed by atoms with Crippen LogP contribution in [0.4, 0.5) is 52.7 Å². The minimum absolute atomic E-state index is 0.00820. The third kappa shape index (κ3) is 16.2. The summed E-state index contributed by atoms with van der Waals surface area (Å²) in [6, 6.07) is 22.0. The Balaban J connectivity index is 0.000000311. The summed E-state index contributed by atoms with van der Waals surface area (Å²) in [5.74, 6) is 2.84. The van der Waals surface area contributed by atoms with E-state index in [4.69, 9.17) is 9.47 Å². The van der Waals surface area contributed by atoms with Crippen LogP contribution in [0, 0.1) is 27.7 Å². The predicted molar refractivity (Wildman–Crippen MR) is 296 cm³/mol. The van der Waals surface area contributed by atoms with Crippen molar-refractivity contribution in [3.63, 3.8) is 0 Å². The summed E-state index contributed by atoms with van der Waals surface area (Å²) in [5, 5.41) is 37.1. The van der Waals surface area contributed by atoms with Crippen molar-refractivity contribution in [3.8, 4) is 11.5 Å². The van der Waals surface area contributed by atoms with Crippen molar-refractivity contribution in [2.45, 2.75) is 166 Å². The highest BCUT2D eigenvalue weighted by atomic mass is 19.4. The maximum Gasteiger partial charge on any atom is 0.430 e. The third-order valence-electron chi connectivity index (χ3n) is 15.5. The Morgan fingerprint density at radius 2 is 0.847 bits per heavy atom. The standard InChI is InChI=1S/C31H38F6N4O3.C29H34F6N4O2/c1-6-28(7-2,25-13-14-26(22(4)19-25)43-17-9-8-10-27-38-40-41-39-27)24-12-11-23(21(3)18-24)15-16-29(30(32,33)34,31(35,36)37)44-20-42-5;1-5-26(6-2,23-12-13-24(20(4)18-23)41-16-8-7-9-25-36-38-39-37-25)22-11-10-21(19(3)17-22)14-15-27(40,28(30,31)32)29(33,34)35/h11-16,18-19H,6-10,17,20H2,1-5H3,(H,38,39,40,41);10-15,17-18,40H,5-9,16H2,1-4H3,(H,36,37,38,39)/b16-15+;15-14+.